The SMILES string of the molecule is CC(O)(c1ccccc1-c1ccccc1Br)C1CN(Cc2ccccc2)CCO1. The summed E-state index contributed by atoms with van der Waals surface area (Å²) in [4.78, 5) is 2.36. The molecule has 0 bridgehead atoms. The zero-order chi connectivity index (χ0) is 20.3. The molecule has 3 aromatic carbocycles. The summed E-state index contributed by atoms with van der Waals surface area (Å²) in [5.74, 6) is 0. The lowest BCUT2D eigenvalue weighted by atomic mass is 9.83. The minimum Gasteiger partial charge on any atom is -0.383 e. The summed E-state index contributed by atoms with van der Waals surface area (Å²) in [5.41, 5.74) is 3.15. The van der Waals surface area contributed by atoms with Crippen LogP contribution < -0.4 is 0 Å². The van der Waals surface area contributed by atoms with Crippen molar-refractivity contribution in [3.05, 3.63) is 94.5 Å². The second kappa shape index (κ2) is 8.80. The van der Waals surface area contributed by atoms with Gasteiger partial charge in [0.1, 0.15) is 11.7 Å². The molecular weight excluding hydrogens is 426 g/mol. The summed E-state index contributed by atoms with van der Waals surface area (Å²) >= 11 is 3.66. The fourth-order valence-electron chi connectivity index (χ4n) is 4.04. The molecule has 1 N–H and O–H groups in total. The van der Waals surface area contributed by atoms with Crippen LogP contribution in [0.15, 0.2) is 83.3 Å². The highest BCUT2D eigenvalue weighted by atomic mass is 79.9. The molecule has 4 rings (SSSR count). The molecule has 2 atom stereocenters. The van der Waals surface area contributed by atoms with Crippen molar-refractivity contribution in [2.75, 3.05) is 19.7 Å². The summed E-state index contributed by atoms with van der Waals surface area (Å²) in [6.45, 7) is 4.91. The Hall–Kier alpha value is -1.98. The predicted molar refractivity (Wildman–Crippen MR) is 121 cm³/mol. The summed E-state index contributed by atoms with van der Waals surface area (Å²) in [7, 11) is 0. The van der Waals surface area contributed by atoms with E-state index in [0.717, 1.165) is 34.3 Å². The van der Waals surface area contributed by atoms with Crippen molar-refractivity contribution in [2.45, 2.75) is 25.2 Å². The third-order valence-electron chi connectivity index (χ3n) is 5.66. The van der Waals surface area contributed by atoms with Crippen LogP contribution in [0.25, 0.3) is 11.1 Å². The molecule has 0 aromatic heterocycles. The first-order chi connectivity index (χ1) is 14.1. The molecule has 1 fully saturated rings. The van der Waals surface area contributed by atoms with Gasteiger partial charge < -0.3 is 9.84 Å². The zero-order valence-corrected chi connectivity index (χ0v) is 18.2. The van der Waals surface area contributed by atoms with Gasteiger partial charge in [0.25, 0.3) is 0 Å². The Kier molecular flexibility index (Phi) is 6.16. The van der Waals surface area contributed by atoms with E-state index in [1.165, 1.54) is 5.56 Å². The standard InChI is InChI=1S/C25H26BrNO2/c1-25(28,22-13-7-5-11-20(22)21-12-6-8-14-23(21)26)24-18-27(15-16-29-24)17-19-9-3-2-4-10-19/h2-14,24,28H,15-18H2,1H3. The monoisotopic (exact) mass is 451 g/mol. The first-order valence-electron chi connectivity index (χ1n) is 10.0. The number of hydrogen-bond acceptors (Lipinski definition) is 3. The molecule has 1 heterocycles. The van der Waals surface area contributed by atoms with Crippen LogP contribution in [-0.2, 0) is 16.9 Å². The van der Waals surface area contributed by atoms with Crippen LogP contribution in [0.1, 0.15) is 18.1 Å². The fraction of sp³-hybridized carbons (Fsp3) is 0.280. The van der Waals surface area contributed by atoms with E-state index in [9.17, 15) is 5.11 Å². The Morgan fingerprint density at radius 3 is 2.38 bits per heavy atom. The van der Waals surface area contributed by atoms with Gasteiger partial charge in [-0.25, -0.2) is 0 Å². The van der Waals surface area contributed by atoms with Gasteiger partial charge >= 0.3 is 0 Å². The minimum absolute atomic E-state index is 0.302. The number of halogens is 1. The van der Waals surface area contributed by atoms with Crippen molar-refractivity contribution in [3.8, 4) is 11.1 Å². The maximum absolute atomic E-state index is 11.7. The van der Waals surface area contributed by atoms with Crippen molar-refractivity contribution in [1.29, 1.82) is 0 Å². The summed E-state index contributed by atoms with van der Waals surface area (Å²) in [5, 5.41) is 11.7. The first-order valence-corrected chi connectivity index (χ1v) is 10.8. The van der Waals surface area contributed by atoms with Gasteiger partial charge in [-0.05, 0) is 35.2 Å². The molecule has 2 unspecified atom stereocenters. The molecule has 1 aliphatic rings. The molecule has 4 heteroatoms. The van der Waals surface area contributed by atoms with Crippen LogP contribution in [-0.4, -0.2) is 35.8 Å². The van der Waals surface area contributed by atoms with Gasteiger partial charge in [0.2, 0.25) is 0 Å². The number of benzene rings is 3. The smallest absolute Gasteiger partial charge is 0.115 e. The number of morpholine rings is 1. The summed E-state index contributed by atoms with van der Waals surface area (Å²) in [6.07, 6.45) is -0.302. The molecular formula is C25H26BrNO2. The molecule has 1 saturated heterocycles. The Morgan fingerprint density at radius 2 is 1.62 bits per heavy atom. The topological polar surface area (TPSA) is 32.7 Å². The number of nitrogens with zero attached hydrogens (tertiary/aromatic N) is 1. The highest BCUT2D eigenvalue weighted by Gasteiger charge is 2.39. The van der Waals surface area contributed by atoms with Crippen LogP contribution in [0, 0.1) is 0 Å². The average molecular weight is 452 g/mol. The van der Waals surface area contributed by atoms with Gasteiger partial charge in [-0.15, -0.1) is 0 Å². The van der Waals surface area contributed by atoms with Crippen molar-refractivity contribution in [1.82, 2.24) is 4.90 Å². The summed E-state index contributed by atoms with van der Waals surface area (Å²) < 4.78 is 7.10. The van der Waals surface area contributed by atoms with Crippen molar-refractivity contribution >= 4 is 15.9 Å². The fourth-order valence-corrected chi connectivity index (χ4v) is 4.54. The molecule has 0 saturated carbocycles. The second-order valence-electron chi connectivity index (χ2n) is 7.75. The molecule has 3 aromatic rings. The van der Waals surface area contributed by atoms with Gasteiger partial charge in [0.05, 0.1) is 6.61 Å². The Labute approximate surface area is 181 Å². The van der Waals surface area contributed by atoms with Crippen LogP contribution >= 0.6 is 15.9 Å². The first kappa shape index (κ1) is 20.3. The average Bonchev–Trinajstić information content (AvgIpc) is 2.75. The minimum atomic E-state index is -1.11. The van der Waals surface area contributed by atoms with Crippen LogP contribution in [0.5, 0.6) is 0 Å². The molecule has 3 nitrogen and oxygen atoms in total. The Morgan fingerprint density at radius 1 is 0.966 bits per heavy atom. The number of rotatable bonds is 5. The predicted octanol–water partition coefficient (Wildman–Crippen LogP) is 5.22. The molecule has 0 amide bonds. The molecule has 0 spiro atoms. The zero-order valence-electron chi connectivity index (χ0n) is 16.6. The quantitative estimate of drug-likeness (QED) is 0.576. The van der Waals surface area contributed by atoms with Gasteiger partial charge in [-0.2, -0.15) is 0 Å². The van der Waals surface area contributed by atoms with Gasteiger partial charge in [-0.3, -0.25) is 4.90 Å². The van der Waals surface area contributed by atoms with E-state index < -0.39 is 5.60 Å². The normalized spacial score (nSPS) is 19.6. The largest absolute Gasteiger partial charge is 0.383 e. The van der Waals surface area contributed by atoms with Crippen molar-refractivity contribution in [3.63, 3.8) is 0 Å². The number of hydrogen-bond donors (Lipinski definition) is 1. The molecule has 0 radical (unpaired) electrons. The maximum atomic E-state index is 11.7. The maximum Gasteiger partial charge on any atom is 0.115 e. The molecule has 1 aliphatic heterocycles. The third-order valence-corrected chi connectivity index (χ3v) is 6.35. The van der Waals surface area contributed by atoms with E-state index in [4.69, 9.17) is 4.74 Å². The van der Waals surface area contributed by atoms with Crippen molar-refractivity contribution in [2.24, 2.45) is 0 Å². The van der Waals surface area contributed by atoms with Crippen molar-refractivity contribution < 1.29 is 9.84 Å². The Bertz CT molecular complexity index is 958. The highest BCUT2D eigenvalue weighted by molar-refractivity contribution is 9.10. The van der Waals surface area contributed by atoms with Gasteiger partial charge in [0, 0.05) is 24.1 Å². The van der Waals surface area contributed by atoms with Gasteiger partial charge in [0.15, 0.2) is 0 Å². The van der Waals surface area contributed by atoms with Crippen LogP contribution in [0.3, 0.4) is 0 Å². The number of aliphatic hydroxyl groups is 1. The molecule has 29 heavy (non-hydrogen) atoms. The van der Waals surface area contributed by atoms with Gasteiger partial charge in [-0.1, -0.05) is 88.7 Å². The highest BCUT2D eigenvalue weighted by Crippen LogP contribution is 2.38. The van der Waals surface area contributed by atoms with Crippen LogP contribution in [0.4, 0.5) is 0 Å². The van der Waals surface area contributed by atoms with E-state index >= 15 is 0 Å². The third kappa shape index (κ3) is 4.46. The van der Waals surface area contributed by atoms with E-state index in [-0.39, 0.29) is 6.10 Å². The lowest BCUT2D eigenvalue weighted by Gasteiger charge is -2.41. The van der Waals surface area contributed by atoms with E-state index in [1.54, 1.807) is 0 Å². The molecule has 150 valence electrons. The van der Waals surface area contributed by atoms with E-state index in [2.05, 4.69) is 57.2 Å². The van der Waals surface area contributed by atoms with E-state index in [1.807, 2.05) is 49.4 Å². The van der Waals surface area contributed by atoms with Crippen LogP contribution in [0.2, 0.25) is 0 Å². The lowest BCUT2D eigenvalue weighted by Crippen LogP contribution is -2.51. The number of ether oxygens (including phenoxy) is 1. The van der Waals surface area contributed by atoms with E-state index in [0.29, 0.717) is 13.2 Å². The summed E-state index contributed by atoms with van der Waals surface area (Å²) in [6, 6.07) is 26.6. The second-order valence-corrected chi connectivity index (χ2v) is 8.61. The lowest BCUT2D eigenvalue weighted by molar-refractivity contribution is -0.141. The Balaban J connectivity index is 1.61. The molecule has 0 aliphatic carbocycles.